The van der Waals surface area contributed by atoms with Gasteiger partial charge in [0, 0.05) is 0 Å². The van der Waals surface area contributed by atoms with Crippen molar-refractivity contribution >= 4 is 11.6 Å². The molecule has 112 valence electrons. The van der Waals surface area contributed by atoms with E-state index in [-0.39, 0.29) is 5.38 Å². The van der Waals surface area contributed by atoms with Crippen LogP contribution in [0.2, 0.25) is 0 Å². The van der Waals surface area contributed by atoms with Crippen molar-refractivity contribution in [2.75, 3.05) is 0 Å². The van der Waals surface area contributed by atoms with Gasteiger partial charge in [-0.3, -0.25) is 0 Å². The van der Waals surface area contributed by atoms with E-state index in [9.17, 15) is 0 Å². The molecule has 1 atom stereocenters. The molecule has 0 amide bonds. The molecule has 1 aromatic carbocycles. The summed E-state index contributed by atoms with van der Waals surface area (Å²) in [6.45, 7) is 9.09. The van der Waals surface area contributed by atoms with Gasteiger partial charge >= 0.3 is 0 Å². The second-order valence-electron chi connectivity index (χ2n) is 7.00. The van der Waals surface area contributed by atoms with Gasteiger partial charge in [0.25, 0.3) is 0 Å². The lowest BCUT2D eigenvalue weighted by Gasteiger charge is -2.29. The molecule has 1 aromatic rings. The van der Waals surface area contributed by atoms with Crippen LogP contribution in [0, 0.1) is 5.92 Å². The first-order chi connectivity index (χ1) is 9.50. The molecule has 1 aliphatic rings. The zero-order valence-electron chi connectivity index (χ0n) is 13.5. The molecule has 1 unspecified atom stereocenters. The monoisotopic (exact) mass is 292 g/mol. The van der Waals surface area contributed by atoms with Gasteiger partial charge < -0.3 is 0 Å². The van der Waals surface area contributed by atoms with Crippen LogP contribution in [-0.2, 0) is 0 Å². The van der Waals surface area contributed by atoms with Crippen LogP contribution in [0.4, 0.5) is 0 Å². The van der Waals surface area contributed by atoms with Crippen molar-refractivity contribution in [3.05, 3.63) is 34.9 Å². The van der Waals surface area contributed by atoms with Gasteiger partial charge in [0.2, 0.25) is 0 Å². The van der Waals surface area contributed by atoms with Crippen molar-refractivity contribution in [1.82, 2.24) is 0 Å². The normalized spacial score (nSPS) is 18.8. The fourth-order valence-corrected chi connectivity index (χ4v) is 3.83. The van der Waals surface area contributed by atoms with Crippen molar-refractivity contribution in [2.24, 2.45) is 5.92 Å². The molecule has 0 heterocycles. The lowest BCUT2D eigenvalue weighted by atomic mass is 9.81. The van der Waals surface area contributed by atoms with Crippen molar-refractivity contribution in [3.63, 3.8) is 0 Å². The Bertz CT molecular complexity index is 427. The highest BCUT2D eigenvalue weighted by atomic mass is 35.5. The molecule has 0 aromatic heterocycles. The Balaban J connectivity index is 2.29. The molecule has 0 spiro atoms. The number of rotatable bonds is 4. The summed E-state index contributed by atoms with van der Waals surface area (Å²) in [5.41, 5.74) is 4.28. The van der Waals surface area contributed by atoms with Gasteiger partial charge in [0.05, 0.1) is 5.38 Å². The van der Waals surface area contributed by atoms with Crippen molar-refractivity contribution in [2.45, 2.75) is 77.0 Å². The smallest absolute Gasteiger partial charge is 0.0616 e. The van der Waals surface area contributed by atoms with Gasteiger partial charge in [-0.25, -0.2) is 0 Å². The summed E-state index contributed by atoms with van der Waals surface area (Å²) >= 11 is 6.87. The fraction of sp³-hybridized carbons (Fsp3) is 0.684. The molecule has 1 saturated carbocycles. The number of hydrogen-bond donors (Lipinski definition) is 0. The molecule has 0 aliphatic heterocycles. The molecule has 1 heteroatoms. The first kappa shape index (κ1) is 15.9. The second-order valence-corrected chi connectivity index (χ2v) is 7.47. The average molecular weight is 293 g/mol. The lowest BCUT2D eigenvalue weighted by molar-refractivity contribution is 0.347. The molecule has 0 bridgehead atoms. The highest BCUT2D eigenvalue weighted by Gasteiger charge is 2.25. The second kappa shape index (κ2) is 6.98. The Kier molecular flexibility index (Phi) is 5.55. The molecule has 20 heavy (non-hydrogen) atoms. The Morgan fingerprint density at radius 1 is 0.900 bits per heavy atom. The molecule has 0 radical (unpaired) electrons. The molecule has 0 N–H and O–H groups in total. The minimum Gasteiger partial charge on any atom is -0.118 e. The number of alkyl halides is 1. The predicted octanol–water partition coefficient (Wildman–Crippen LogP) is 6.79. The Morgan fingerprint density at radius 3 is 2.10 bits per heavy atom. The zero-order valence-corrected chi connectivity index (χ0v) is 14.2. The summed E-state index contributed by atoms with van der Waals surface area (Å²) < 4.78 is 0. The summed E-state index contributed by atoms with van der Waals surface area (Å²) in [7, 11) is 0. The van der Waals surface area contributed by atoms with Gasteiger partial charge in [-0.2, -0.15) is 0 Å². The standard InChI is InChI=1S/C19H29Cl/c1-13(2)16-10-11-17(18(12-16)14(3)4)19(20)15-8-6-5-7-9-15/h10-15,19H,5-9H2,1-4H3. The summed E-state index contributed by atoms with van der Waals surface area (Å²) in [5.74, 6) is 1.81. The van der Waals surface area contributed by atoms with Crippen LogP contribution >= 0.6 is 11.6 Å². The van der Waals surface area contributed by atoms with E-state index < -0.39 is 0 Å². The molecule has 0 nitrogen and oxygen atoms in total. The van der Waals surface area contributed by atoms with E-state index in [1.54, 1.807) is 0 Å². The Labute approximate surface area is 129 Å². The van der Waals surface area contributed by atoms with Crippen LogP contribution in [0.3, 0.4) is 0 Å². The van der Waals surface area contributed by atoms with Crippen LogP contribution in [0.15, 0.2) is 18.2 Å². The Hall–Kier alpha value is -0.490. The van der Waals surface area contributed by atoms with Crippen LogP contribution in [0.5, 0.6) is 0 Å². The molecule has 1 aliphatic carbocycles. The summed E-state index contributed by atoms with van der Waals surface area (Å²) in [5, 5.41) is 0.203. The van der Waals surface area contributed by atoms with Gasteiger partial charge in [0.1, 0.15) is 0 Å². The van der Waals surface area contributed by atoms with Gasteiger partial charge in [0.15, 0.2) is 0 Å². The van der Waals surface area contributed by atoms with E-state index in [0.29, 0.717) is 17.8 Å². The number of hydrogen-bond acceptors (Lipinski definition) is 0. The largest absolute Gasteiger partial charge is 0.118 e. The molecular weight excluding hydrogens is 264 g/mol. The van der Waals surface area contributed by atoms with E-state index in [1.165, 1.54) is 48.8 Å². The molecular formula is C19H29Cl. The van der Waals surface area contributed by atoms with Gasteiger partial charge in [-0.05, 0) is 47.3 Å². The highest BCUT2D eigenvalue weighted by molar-refractivity contribution is 6.21. The maximum Gasteiger partial charge on any atom is 0.0616 e. The van der Waals surface area contributed by atoms with Crippen LogP contribution in [0.25, 0.3) is 0 Å². The van der Waals surface area contributed by atoms with Crippen molar-refractivity contribution in [3.8, 4) is 0 Å². The third-order valence-electron chi connectivity index (χ3n) is 4.76. The highest BCUT2D eigenvalue weighted by Crippen LogP contribution is 2.41. The molecule has 2 rings (SSSR count). The summed E-state index contributed by atoms with van der Waals surface area (Å²) in [6, 6.07) is 6.98. The van der Waals surface area contributed by atoms with Crippen LogP contribution < -0.4 is 0 Å². The lowest BCUT2D eigenvalue weighted by Crippen LogP contribution is -2.14. The quantitative estimate of drug-likeness (QED) is 0.536. The minimum absolute atomic E-state index is 0.203. The van der Waals surface area contributed by atoms with Gasteiger partial charge in [-0.1, -0.05) is 65.2 Å². The SMILES string of the molecule is CC(C)c1ccc(C(Cl)C2CCCCC2)c(C(C)C)c1. The fourth-order valence-electron chi connectivity index (χ4n) is 3.38. The maximum atomic E-state index is 6.87. The van der Waals surface area contributed by atoms with Gasteiger partial charge in [-0.15, -0.1) is 11.6 Å². The van der Waals surface area contributed by atoms with E-state index in [1.807, 2.05) is 0 Å². The topological polar surface area (TPSA) is 0 Å². The third-order valence-corrected chi connectivity index (χ3v) is 5.35. The predicted molar refractivity (Wildman–Crippen MR) is 89.8 cm³/mol. The average Bonchev–Trinajstić information content (AvgIpc) is 2.46. The van der Waals surface area contributed by atoms with Crippen molar-refractivity contribution in [1.29, 1.82) is 0 Å². The van der Waals surface area contributed by atoms with Crippen molar-refractivity contribution < 1.29 is 0 Å². The van der Waals surface area contributed by atoms with E-state index in [4.69, 9.17) is 11.6 Å². The van der Waals surface area contributed by atoms with E-state index >= 15 is 0 Å². The molecule has 1 fully saturated rings. The van der Waals surface area contributed by atoms with E-state index in [0.717, 1.165) is 0 Å². The maximum absolute atomic E-state index is 6.87. The first-order valence-electron chi connectivity index (χ1n) is 8.28. The van der Waals surface area contributed by atoms with Crippen LogP contribution in [0.1, 0.15) is 93.7 Å². The summed E-state index contributed by atoms with van der Waals surface area (Å²) in [6.07, 6.45) is 6.71. The minimum atomic E-state index is 0.203. The number of benzene rings is 1. The number of halogens is 1. The molecule has 0 saturated heterocycles. The van der Waals surface area contributed by atoms with Crippen LogP contribution in [-0.4, -0.2) is 0 Å². The summed E-state index contributed by atoms with van der Waals surface area (Å²) in [4.78, 5) is 0. The van der Waals surface area contributed by atoms with E-state index in [2.05, 4.69) is 45.9 Å². The first-order valence-corrected chi connectivity index (χ1v) is 8.72. The Morgan fingerprint density at radius 2 is 1.55 bits per heavy atom. The third kappa shape index (κ3) is 3.58. The zero-order chi connectivity index (χ0) is 14.7.